The normalized spacial score (nSPS) is 13.0. The third kappa shape index (κ3) is 3.01. The van der Waals surface area contributed by atoms with E-state index in [1.165, 1.54) is 33.1 Å². The van der Waals surface area contributed by atoms with E-state index in [0.717, 1.165) is 12.1 Å². The molecular weight excluding hydrogens is 344 g/mol. The maximum atomic E-state index is 4.81. The van der Waals surface area contributed by atoms with Crippen LogP contribution in [0.3, 0.4) is 0 Å². The highest BCUT2D eigenvalue weighted by molar-refractivity contribution is 5.84. The Morgan fingerprint density at radius 1 is 0.964 bits per heavy atom. The zero-order valence-electron chi connectivity index (χ0n) is 18.0. The summed E-state index contributed by atoms with van der Waals surface area (Å²) in [7, 11) is 4.11. The smallest absolute Gasteiger partial charge is 0.139 e. The van der Waals surface area contributed by atoms with Crippen molar-refractivity contribution in [2.75, 3.05) is 0 Å². The van der Waals surface area contributed by atoms with Gasteiger partial charge >= 0.3 is 0 Å². The number of benzene rings is 1. The van der Waals surface area contributed by atoms with Crippen molar-refractivity contribution < 1.29 is 0 Å². The summed E-state index contributed by atoms with van der Waals surface area (Å²) in [6.45, 7) is 11.3. The quantitative estimate of drug-likeness (QED) is 0.489. The summed E-state index contributed by atoms with van der Waals surface area (Å²) in [5.41, 5.74) is 6.12. The first-order chi connectivity index (χ1) is 13.1. The molecule has 146 valence electrons. The van der Waals surface area contributed by atoms with Gasteiger partial charge in [0.15, 0.2) is 0 Å². The molecule has 0 unspecified atom stereocenters. The maximum absolute atomic E-state index is 4.81. The molecule has 0 bridgehead atoms. The third-order valence-electron chi connectivity index (χ3n) is 5.73. The molecule has 0 N–H and O–H groups in total. The topological polar surface area (TPSA) is 35.6 Å². The number of fused-ring (bicyclic) bond motifs is 2. The van der Waals surface area contributed by atoms with Crippen LogP contribution in [-0.4, -0.2) is 19.3 Å². The molecule has 0 saturated heterocycles. The van der Waals surface area contributed by atoms with E-state index in [9.17, 15) is 0 Å². The van der Waals surface area contributed by atoms with E-state index in [4.69, 9.17) is 5.10 Å². The number of aryl methyl sites for hydroxylation is 2. The largest absolute Gasteiger partial charge is 0.335 e. The first kappa shape index (κ1) is 18.7. The summed E-state index contributed by atoms with van der Waals surface area (Å²) >= 11 is 0. The number of hydrogen-bond acceptors (Lipinski definition) is 2. The highest BCUT2D eigenvalue weighted by Gasteiger charge is 2.27. The van der Waals surface area contributed by atoms with Crippen LogP contribution in [0.2, 0.25) is 0 Å². The van der Waals surface area contributed by atoms with Crippen molar-refractivity contribution in [1.29, 1.82) is 0 Å². The van der Waals surface area contributed by atoms with E-state index in [2.05, 4.69) is 81.7 Å². The monoisotopic (exact) mass is 374 g/mol. The number of aromatic nitrogens is 4. The highest BCUT2D eigenvalue weighted by Crippen LogP contribution is 2.35. The molecule has 1 aromatic carbocycles. The van der Waals surface area contributed by atoms with Crippen molar-refractivity contribution >= 4 is 21.9 Å². The van der Waals surface area contributed by atoms with Gasteiger partial charge in [-0.15, -0.1) is 0 Å². The van der Waals surface area contributed by atoms with Gasteiger partial charge in [-0.25, -0.2) is 4.98 Å². The van der Waals surface area contributed by atoms with E-state index in [0.29, 0.717) is 0 Å². The molecule has 0 aliphatic carbocycles. The minimum absolute atomic E-state index is 0.000322. The van der Waals surface area contributed by atoms with Gasteiger partial charge < -0.3 is 4.57 Å². The van der Waals surface area contributed by atoms with Crippen LogP contribution in [0, 0.1) is 0 Å². The lowest BCUT2D eigenvalue weighted by Crippen LogP contribution is -2.20. The number of rotatable bonds is 3. The lowest BCUT2D eigenvalue weighted by Gasteiger charge is -2.25. The average molecular weight is 375 g/mol. The lowest BCUT2D eigenvalue weighted by atomic mass is 9.79. The molecule has 0 fully saturated rings. The van der Waals surface area contributed by atoms with Crippen molar-refractivity contribution in [2.45, 2.75) is 51.9 Å². The molecule has 4 rings (SSSR count). The van der Waals surface area contributed by atoms with Crippen LogP contribution in [0.15, 0.2) is 42.7 Å². The molecule has 3 aromatic heterocycles. The number of pyridine rings is 1. The predicted molar refractivity (Wildman–Crippen MR) is 117 cm³/mol. The Morgan fingerprint density at radius 2 is 1.71 bits per heavy atom. The van der Waals surface area contributed by atoms with Gasteiger partial charge in [0, 0.05) is 42.7 Å². The molecule has 0 saturated carbocycles. The molecule has 4 nitrogen and oxygen atoms in total. The summed E-state index contributed by atoms with van der Waals surface area (Å²) in [6.07, 6.45) is 5.07. The molecule has 0 atom stereocenters. The van der Waals surface area contributed by atoms with Crippen LogP contribution in [-0.2, 0) is 31.3 Å². The second-order valence-corrected chi connectivity index (χ2v) is 9.66. The van der Waals surface area contributed by atoms with Crippen LogP contribution < -0.4 is 0 Å². The van der Waals surface area contributed by atoms with Crippen molar-refractivity contribution in [1.82, 2.24) is 19.3 Å². The van der Waals surface area contributed by atoms with Crippen molar-refractivity contribution in [3.8, 4) is 0 Å². The summed E-state index contributed by atoms with van der Waals surface area (Å²) in [4.78, 5) is 4.56. The van der Waals surface area contributed by atoms with Crippen molar-refractivity contribution in [2.24, 2.45) is 14.1 Å². The van der Waals surface area contributed by atoms with E-state index in [-0.39, 0.29) is 10.8 Å². The lowest BCUT2D eigenvalue weighted by molar-refractivity contribution is 0.525. The number of nitrogens with zero attached hydrogens (tertiary/aromatic N) is 4. The van der Waals surface area contributed by atoms with E-state index in [1.807, 2.05) is 24.0 Å². The molecule has 0 radical (unpaired) electrons. The Labute approximate surface area is 167 Å². The van der Waals surface area contributed by atoms with Crippen molar-refractivity contribution in [3.05, 3.63) is 59.5 Å². The molecule has 0 amide bonds. The van der Waals surface area contributed by atoms with E-state index in [1.54, 1.807) is 0 Å². The molecule has 0 aliphatic rings. The highest BCUT2D eigenvalue weighted by atomic mass is 15.3. The summed E-state index contributed by atoms with van der Waals surface area (Å²) in [5, 5.41) is 7.32. The Bertz CT molecular complexity index is 1170. The Morgan fingerprint density at radius 3 is 2.43 bits per heavy atom. The molecule has 0 spiro atoms. The predicted octanol–water partition coefficient (Wildman–Crippen LogP) is 5.28. The molecule has 3 heterocycles. The van der Waals surface area contributed by atoms with Gasteiger partial charge in [-0.3, -0.25) is 4.68 Å². The second-order valence-electron chi connectivity index (χ2n) is 9.66. The summed E-state index contributed by atoms with van der Waals surface area (Å²) < 4.78 is 4.13. The fourth-order valence-corrected chi connectivity index (χ4v) is 4.33. The first-order valence-corrected chi connectivity index (χ1v) is 9.94. The summed E-state index contributed by atoms with van der Waals surface area (Å²) in [5.74, 6) is 0. The van der Waals surface area contributed by atoms with Gasteiger partial charge in [0.2, 0.25) is 0 Å². The fourth-order valence-electron chi connectivity index (χ4n) is 4.33. The van der Waals surface area contributed by atoms with Gasteiger partial charge in [-0.05, 0) is 47.2 Å². The molecule has 28 heavy (non-hydrogen) atoms. The SMILES string of the molecule is Cn1cc(C(C)(C)Cc2ccc3c(c2)c(C(C)(C)C)nn3C)c2cccnc21. The van der Waals surface area contributed by atoms with Gasteiger partial charge in [0.05, 0.1) is 11.2 Å². The summed E-state index contributed by atoms with van der Waals surface area (Å²) in [6, 6.07) is 11.0. The van der Waals surface area contributed by atoms with Crippen LogP contribution in [0.5, 0.6) is 0 Å². The average Bonchev–Trinajstić information content (AvgIpc) is 3.13. The van der Waals surface area contributed by atoms with E-state index >= 15 is 0 Å². The zero-order valence-corrected chi connectivity index (χ0v) is 18.0. The van der Waals surface area contributed by atoms with Crippen LogP contribution >= 0.6 is 0 Å². The molecular formula is C24H30N4. The molecule has 4 aromatic rings. The third-order valence-corrected chi connectivity index (χ3v) is 5.73. The van der Waals surface area contributed by atoms with Gasteiger partial charge in [-0.1, -0.05) is 40.7 Å². The standard InChI is InChI=1S/C24H30N4/c1-23(2,3)21-18-13-16(10-11-20(18)28(7)26-21)14-24(4,5)19-15-27(6)22-17(19)9-8-12-25-22/h8-13,15H,14H2,1-7H3. The van der Waals surface area contributed by atoms with Gasteiger partial charge in [0.1, 0.15) is 5.65 Å². The zero-order chi connectivity index (χ0) is 20.3. The van der Waals surface area contributed by atoms with Gasteiger partial charge in [0.25, 0.3) is 0 Å². The Balaban J connectivity index is 1.78. The Kier molecular flexibility index (Phi) is 4.14. The van der Waals surface area contributed by atoms with Crippen LogP contribution in [0.1, 0.15) is 51.4 Å². The maximum Gasteiger partial charge on any atom is 0.139 e. The first-order valence-electron chi connectivity index (χ1n) is 9.94. The fraction of sp³-hybridized carbons (Fsp3) is 0.417. The van der Waals surface area contributed by atoms with Gasteiger partial charge in [-0.2, -0.15) is 5.10 Å². The van der Waals surface area contributed by atoms with E-state index < -0.39 is 0 Å². The second kappa shape index (κ2) is 6.20. The minimum atomic E-state index is 0.000322. The molecule has 0 aliphatic heterocycles. The van der Waals surface area contributed by atoms with Crippen LogP contribution in [0.25, 0.3) is 21.9 Å². The number of hydrogen-bond donors (Lipinski definition) is 0. The minimum Gasteiger partial charge on any atom is -0.335 e. The van der Waals surface area contributed by atoms with Crippen molar-refractivity contribution in [3.63, 3.8) is 0 Å². The van der Waals surface area contributed by atoms with Crippen LogP contribution in [0.4, 0.5) is 0 Å². The Hall–Kier alpha value is -2.62. The molecule has 4 heteroatoms.